The fraction of sp³-hybridized carbons (Fsp3) is 0.529. The average molecular weight is 401 g/mol. The third-order valence-corrected chi connectivity index (χ3v) is 3.65. The van der Waals surface area contributed by atoms with Gasteiger partial charge in [-0.2, -0.15) is 5.26 Å². The SMILES string of the molecule is CC(C)(CCOc1ccc(Br)c(C#N)c1F)NC(=O)OC(C)(C)C. The van der Waals surface area contributed by atoms with Crippen molar-refractivity contribution in [2.75, 3.05) is 6.61 Å². The molecule has 5 nitrogen and oxygen atoms in total. The summed E-state index contributed by atoms with van der Waals surface area (Å²) in [6, 6.07) is 4.79. The molecule has 0 aliphatic rings. The normalized spacial score (nSPS) is 11.6. The van der Waals surface area contributed by atoms with Gasteiger partial charge in [-0.3, -0.25) is 0 Å². The van der Waals surface area contributed by atoms with Crippen molar-refractivity contribution in [3.05, 3.63) is 28.0 Å². The zero-order valence-electron chi connectivity index (χ0n) is 14.5. The number of carbonyl (C=O) groups excluding carboxylic acids is 1. The number of hydrogen-bond acceptors (Lipinski definition) is 4. The second-order valence-corrected chi connectivity index (χ2v) is 7.81. The lowest BCUT2D eigenvalue weighted by atomic mass is 10.0. The molecule has 0 saturated carbocycles. The van der Waals surface area contributed by atoms with E-state index < -0.39 is 23.1 Å². The number of benzene rings is 1. The van der Waals surface area contributed by atoms with Crippen LogP contribution in [0.15, 0.2) is 16.6 Å². The van der Waals surface area contributed by atoms with Crippen LogP contribution in [0, 0.1) is 17.1 Å². The molecular weight excluding hydrogens is 379 g/mol. The lowest BCUT2D eigenvalue weighted by Gasteiger charge is -2.28. The molecule has 1 aromatic rings. The van der Waals surface area contributed by atoms with Crippen LogP contribution in [0.3, 0.4) is 0 Å². The van der Waals surface area contributed by atoms with Crippen LogP contribution in [0.2, 0.25) is 0 Å². The Labute approximate surface area is 150 Å². The number of nitrogens with zero attached hydrogens (tertiary/aromatic N) is 1. The van der Waals surface area contributed by atoms with E-state index in [1.54, 1.807) is 32.9 Å². The van der Waals surface area contributed by atoms with Crippen molar-refractivity contribution in [3.63, 3.8) is 0 Å². The number of nitriles is 1. The first-order chi connectivity index (χ1) is 10.9. The largest absolute Gasteiger partial charge is 0.490 e. The van der Waals surface area contributed by atoms with E-state index in [4.69, 9.17) is 14.7 Å². The van der Waals surface area contributed by atoms with Crippen molar-refractivity contribution in [2.45, 2.75) is 52.2 Å². The lowest BCUT2D eigenvalue weighted by molar-refractivity contribution is 0.0461. The van der Waals surface area contributed by atoms with Crippen molar-refractivity contribution in [3.8, 4) is 11.8 Å². The Balaban J connectivity index is 2.61. The fourth-order valence-electron chi connectivity index (χ4n) is 1.81. The molecule has 0 radical (unpaired) electrons. The Bertz CT molecular complexity index is 648. The van der Waals surface area contributed by atoms with Gasteiger partial charge in [-0.05, 0) is 62.7 Å². The highest BCUT2D eigenvalue weighted by Gasteiger charge is 2.25. The standard InChI is InChI=1S/C17H22BrFN2O3/c1-16(2,3)24-15(22)21-17(4,5)8-9-23-13-7-6-12(18)11(10-20)14(13)19/h6-7H,8-9H2,1-5H3,(H,21,22). The summed E-state index contributed by atoms with van der Waals surface area (Å²) in [4.78, 5) is 11.8. The lowest BCUT2D eigenvalue weighted by Crippen LogP contribution is -2.46. The van der Waals surface area contributed by atoms with Gasteiger partial charge in [0.2, 0.25) is 0 Å². The molecule has 1 rings (SSSR count). The maximum Gasteiger partial charge on any atom is 0.408 e. The molecule has 0 fully saturated rings. The molecular formula is C17H22BrFN2O3. The minimum atomic E-state index is -0.704. The summed E-state index contributed by atoms with van der Waals surface area (Å²) >= 11 is 3.11. The van der Waals surface area contributed by atoms with Crippen LogP contribution in [-0.2, 0) is 4.74 Å². The average Bonchev–Trinajstić information content (AvgIpc) is 2.38. The third-order valence-electron chi connectivity index (χ3n) is 2.99. The quantitative estimate of drug-likeness (QED) is 0.787. The van der Waals surface area contributed by atoms with Crippen LogP contribution in [0.4, 0.5) is 9.18 Å². The summed E-state index contributed by atoms with van der Waals surface area (Å²) in [5.41, 5.74) is -1.27. The molecule has 0 heterocycles. The predicted octanol–water partition coefficient (Wildman–Crippen LogP) is 4.53. The molecule has 0 unspecified atom stereocenters. The van der Waals surface area contributed by atoms with Crippen LogP contribution >= 0.6 is 15.9 Å². The minimum absolute atomic E-state index is 0.00261. The highest BCUT2D eigenvalue weighted by atomic mass is 79.9. The Hall–Kier alpha value is -1.81. The van der Waals surface area contributed by atoms with Gasteiger partial charge in [-0.15, -0.1) is 0 Å². The van der Waals surface area contributed by atoms with E-state index in [0.29, 0.717) is 10.9 Å². The van der Waals surface area contributed by atoms with E-state index in [1.807, 2.05) is 13.8 Å². The molecule has 7 heteroatoms. The molecule has 24 heavy (non-hydrogen) atoms. The van der Waals surface area contributed by atoms with Gasteiger partial charge in [0.05, 0.1) is 6.61 Å². The first-order valence-electron chi connectivity index (χ1n) is 7.47. The number of rotatable bonds is 5. The fourth-order valence-corrected chi connectivity index (χ4v) is 2.20. The molecule has 0 saturated heterocycles. The maximum atomic E-state index is 14.1. The number of nitrogens with one attached hydrogen (secondary N) is 1. The van der Waals surface area contributed by atoms with E-state index in [0.717, 1.165) is 0 Å². The van der Waals surface area contributed by atoms with Gasteiger partial charge >= 0.3 is 6.09 Å². The third kappa shape index (κ3) is 6.36. The first-order valence-corrected chi connectivity index (χ1v) is 8.26. The highest BCUT2D eigenvalue weighted by molar-refractivity contribution is 9.10. The summed E-state index contributed by atoms with van der Waals surface area (Å²) in [5, 5.41) is 11.7. The number of carbonyl (C=O) groups is 1. The molecule has 0 spiro atoms. The number of ether oxygens (including phenoxy) is 2. The molecule has 0 bridgehead atoms. The van der Waals surface area contributed by atoms with Crippen LogP contribution in [0.1, 0.15) is 46.6 Å². The highest BCUT2D eigenvalue weighted by Crippen LogP contribution is 2.27. The number of amides is 1. The van der Waals surface area contributed by atoms with Crippen LogP contribution in [-0.4, -0.2) is 23.8 Å². The molecule has 0 aliphatic carbocycles. The molecule has 1 aromatic carbocycles. The van der Waals surface area contributed by atoms with Crippen molar-refractivity contribution < 1.29 is 18.7 Å². The van der Waals surface area contributed by atoms with E-state index in [1.165, 1.54) is 6.07 Å². The van der Waals surface area contributed by atoms with E-state index in [2.05, 4.69) is 21.2 Å². The summed E-state index contributed by atoms with van der Waals surface area (Å²) in [6.45, 7) is 9.16. The summed E-state index contributed by atoms with van der Waals surface area (Å²) < 4.78 is 25.1. The number of halogens is 2. The smallest absolute Gasteiger partial charge is 0.408 e. The monoisotopic (exact) mass is 400 g/mol. The molecule has 0 aromatic heterocycles. The summed E-state index contributed by atoms with van der Waals surface area (Å²) in [5.74, 6) is -0.701. The number of alkyl carbamates (subject to hydrolysis) is 1. The van der Waals surface area contributed by atoms with Crippen molar-refractivity contribution in [1.29, 1.82) is 5.26 Å². The summed E-state index contributed by atoms with van der Waals surface area (Å²) in [7, 11) is 0. The molecule has 132 valence electrons. The van der Waals surface area contributed by atoms with Gasteiger partial charge in [0, 0.05) is 16.4 Å². The Kier molecular flexibility index (Phi) is 6.61. The van der Waals surface area contributed by atoms with Crippen LogP contribution in [0.5, 0.6) is 5.75 Å². The summed E-state index contributed by atoms with van der Waals surface area (Å²) in [6.07, 6.45) is -0.0852. The van der Waals surface area contributed by atoms with E-state index in [-0.39, 0.29) is 17.9 Å². The second kappa shape index (κ2) is 7.84. The maximum absolute atomic E-state index is 14.1. The first kappa shape index (κ1) is 20.2. The zero-order chi connectivity index (χ0) is 18.5. The zero-order valence-corrected chi connectivity index (χ0v) is 16.1. The Morgan fingerprint density at radius 1 is 1.33 bits per heavy atom. The van der Waals surface area contributed by atoms with Crippen LogP contribution < -0.4 is 10.1 Å². The predicted molar refractivity (Wildman–Crippen MR) is 92.4 cm³/mol. The molecule has 1 N–H and O–H groups in total. The second-order valence-electron chi connectivity index (χ2n) is 6.96. The van der Waals surface area contributed by atoms with E-state index >= 15 is 0 Å². The van der Waals surface area contributed by atoms with E-state index in [9.17, 15) is 9.18 Å². The number of hydrogen-bond donors (Lipinski definition) is 1. The molecule has 0 aliphatic heterocycles. The van der Waals surface area contributed by atoms with Crippen molar-refractivity contribution >= 4 is 22.0 Å². The van der Waals surface area contributed by atoms with Crippen LogP contribution in [0.25, 0.3) is 0 Å². The van der Waals surface area contributed by atoms with Gasteiger partial charge in [0.1, 0.15) is 17.2 Å². The Morgan fingerprint density at radius 3 is 2.50 bits per heavy atom. The molecule has 0 atom stereocenters. The topological polar surface area (TPSA) is 71.3 Å². The van der Waals surface area contributed by atoms with Gasteiger partial charge in [0.15, 0.2) is 11.6 Å². The van der Waals surface area contributed by atoms with Crippen molar-refractivity contribution in [2.24, 2.45) is 0 Å². The van der Waals surface area contributed by atoms with Crippen molar-refractivity contribution in [1.82, 2.24) is 5.32 Å². The Morgan fingerprint density at radius 2 is 1.96 bits per heavy atom. The van der Waals surface area contributed by atoms with Gasteiger partial charge in [-0.1, -0.05) is 0 Å². The van der Waals surface area contributed by atoms with Gasteiger partial charge < -0.3 is 14.8 Å². The van der Waals surface area contributed by atoms with Gasteiger partial charge in [0.25, 0.3) is 0 Å². The minimum Gasteiger partial charge on any atom is -0.490 e. The molecule has 1 amide bonds. The van der Waals surface area contributed by atoms with Gasteiger partial charge in [-0.25, -0.2) is 9.18 Å².